The van der Waals surface area contributed by atoms with E-state index in [1.54, 1.807) is 0 Å². The molecule has 0 heterocycles. The van der Waals surface area contributed by atoms with E-state index < -0.39 is 0 Å². The third-order valence-electron chi connectivity index (χ3n) is 2.75. The summed E-state index contributed by atoms with van der Waals surface area (Å²) < 4.78 is 0. The monoisotopic (exact) mass is 217 g/mol. The van der Waals surface area contributed by atoms with Crippen LogP contribution in [0.2, 0.25) is 0 Å². The molecule has 88 valence electrons. The van der Waals surface area contributed by atoms with Crippen molar-refractivity contribution in [3.05, 3.63) is 29.3 Å². The lowest BCUT2D eigenvalue weighted by atomic mass is 10.1. The van der Waals surface area contributed by atoms with Crippen molar-refractivity contribution in [2.45, 2.75) is 47.5 Å². The molecule has 0 aliphatic rings. The Labute approximate surface area is 99.6 Å². The van der Waals surface area contributed by atoms with Gasteiger partial charge in [0.2, 0.25) is 0 Å². The standard InChI is InChI=1S/C15H23N/c1-11(2)6-8-14(5)16-15-9-7-12(3)10-13(15)4/h7,9-11H,6,8H2,1-5H3. The van der Waals surface area contributed by atoms with Gasteiger partial charge in [-0.15, -0.1) is 0 Å². The van der Waals surface area contributed by atoms with Crippen molar-refractivity contribution in [2.75, 3.05) is 0 Å². The van der Waals surface area contributed by atoms with Crippen LogP contribution >= 0.6 is 0 Å². The summed E-state index contributed by atoms with van der Waals surface area (Å²) in [6.07, 6.45) is 2.32. The van der Waals surface area contributed by atoms with E-state index in [0.717, 1.165) is 18.0 Å². The van der Waals surface area contributed by atoms with Gasteiger partial charge in [-0.1, -0.05) is 31.5 Å². The first-order chi connectivity index (χ1) is 7.49. The number of aliphatic imine (C=N–C) groups is 1. The number of hydrogen-bond donors (Lipinski definition) is 0. The minimum absolute atomic E-state index is 0.754. The zero-order chi connectivity index (χ0) is 12.1. The summed E-state index contributed by atoms with van der Waals surface area (Å²) in [5, 5.41) is 0. The maximum absolute atomic E-state index is 4.69. The summed E-state index contributed by atoms with van der Waals surface area (Å²) in [6.45, 7) is 10.9. The van der Waals surface area contributed by atoms with E-state index in [-0.39, 0.29) is 0 Å². The topological polar surface area (TPSA) is 12.4 Å². The number of benzene rings is 1. The molecule has 0 aliphatic heterocycles. The van der Waals surface area contributed by atoms with E-state index >= 15 is 0 Å². The summed E-state index contributed by atoms with van der Waals surface area (Å²) in [5.74, 6) is 0.754. The third kappa shape index (κ3) is 4.18. The lowest BCUT2D eigenvalue weighted by Gasteiger charge is -2.06. The zero-order valence-corrected chi connectivity index (χ0v) is 11.2. The van der Waals surface area contributed by atoms with Crippen molar-refractivity contribution >= 4 is 11.4 Å². The van der Waals surface area contributed by atoms with Crippen LogP contribution in [0.15, 0.2) is 23.2 Å². The van der Waals surface area contributed by atoms with Gasteiger partial charge in [0.1, 0.15) is 0 Å². The fourth-order valence-corrected chi connectivity index (χ4v) is 1.69. The molecular formula is C15H23N. The summed E-state index contributed by atoms with van der Waals surface area (Å²) in [4.78, 5) is 4.69. The molecule has 0 fully saturated rings. The van der Waals surface area contributed by atoms with Crippen LogP contribution < -0.4 is 0 Å². The molecule has 1 aromatic carbocycles. The van der Waals surface area contributed by atoms with Gasteiger partial charge in [0.15, 0.2) is 0 Å². The average Bonchev–Trinajstić information content (AvgIpc) is 2.19. The molecule has 0 amide bonds. The van der Waals surface area contributed by atoms with Gasteiger partial charge in [0, 0.05) is 5.71 Å². The van der Waals surface area contributed by atoms with Gasteiger partial charge in [0.25, 0.3) is 0 Å². The minimum Gasteiger partial charge on any atom is -0.258 e. The predicted molar refractivity (Wildman–Crippen MR) is 72.8 cm³/mol. The fourth-order valence-electron chi connectivity index (χ4n) is 1.69. The Morgan fingerprint density at radius 1 is 1.25 bits per heavy atom. The Hall–Kier alpha value is -1.11. The first-order valence-electron chi connectivity index (χ1n) is 6.10. The van der Waals surface area contributed by atoms with Crippen molar-refractivity contribution in [3.63, 3.8) is 0 Å². The van der Waals surface area contributed by atoms with Gasteiger partial charge in [-0.3, -0.25) is 4.99 Å². The van der Waals surface area contributed by atoms with E-state index in [1.807, 2.05) is 0 Å². The molecule has 0 radical (unpaired) electrons. The molecule has 0 spiro atoms. The lowest BCUT2D eigenvalue weighted by Crippen LogP contribution is -1.95. The highest BCUT2D eigenvalue weighted by Crippen LogP contribution is 2.20. The van der Waals surface area contributed by atoms with Crippen LogP contribution in [0.4, 0.5) is 5.69 Å². The van der Waals surface area contributed by atoms with Crippen molar-refractivity contribution in [3.8, 4) is 0 Å². The highest BCUT2D eigenvalue weighted by Gasteiger charge is 1.99. The van der Waals surface area contributed by atoms with Gasteiger partial charge in [0.05, 0.1) is 5.69 Å². The van der Waals surface area contributed by atoms with Crippen LogP contribution in [0.5, 0.6) is 0 Å². The summed E-state index contributed by atoms with van der Waals surface area (Å²) in [5.41, 5.74) is 4.92. The Balaban J connectivity index is 2.74. The van der Waals surface area contributed by atoms with Gasteiger partial charge in [-0.05, 0) is 51.2 Å². The molecule has 1 aromatic rings. The zero-order valence-electron chi connectivity index (χ0n) is 11.2. The van der Waals surface area contributed by atoms with Crippen LogP contribution in [-0.2, 0) is 0 Å². The van der Waals surface area contributed by atoms with E-state index in [4.69, 9.17) is 0 Å². The van der Waals surface area contributed by atoms with Crippen LogP contribution in [0, 0.1) is 19.8 Å². The Kier molecular flexibility index (Phi) is 4.72. The van der Waals surface area contributed by atoms with E-state index in [2.05, 4.69) is 57.8 Å². The molecule has 0 saturated carbocycles. The van der Waals surface area contributed by atoms with Gasteiger partial charge in [-0.2, -0.15) is 0 Å². The van der Waals surface area contributed by atoms with Crippen LogP contribution in [0.25, 0.3) is 0 Å². The molecule has 0 atom stereocenters. The maximum Gasteiger partial charge on any atom is 0.0658 e. The maximum atomic E-state index is 4.69. The smallest absolute Gasteiger partial charge is 0.0658 e. The van der Waals surface area contributed by atoms with E-state index in [1.165, 1.54) is 23.3 Å². The summed E-state index contributed by atoms with van der Waals surface area (Å²) >= 11 is 0. The first-order valence-corrected chi connectivity index (χ1v) is 6.10. The summed E-state index contributed by atoms with van der Waals surface area (Å²) in [7, 11) is 0. The Morgan fingerprint density at radius 2 is 1.94 bits per heavy atom. The molecule has 0 aromatic heterocycles. The molecule has 0 N–H and O–H groups in total. The Bertz CT molecular complexity index is 375. The number of hydrogen-bond acceptors (Lipinski definition) is 1. The highest BCUT2D eigenvalue weighted by atomic mass is 14.7. The van der Waals surface area contributed by atoms with E-state index in [9.17, 15) is 0 Å². The van der Waals surface area contributed by atoms with E-state index in [0.29, 0.717) is 0 Å². The summed E-state index contributed by atoms with van der Waals surface area (Å²) in [6, 6.07) is 6.43. The molecule has 0 unspecified atom stereocenters. The molecule has 1 rings (SSSR count). The third-order valence-corrected chi connectivity index (χ3v) is 2.75. The molecule has 0 aliphatic carbocycles. The van der Waals surface area contributed by atoms with Crippen molar-refractivity contribution in [1.82, 2.24) is 0 Å². The number of nitrogens with zero attached hydrogens (tertiary/aromatic N) is 1. The molecule has 1 heteroatoms. The molecule has 0 bridgehead atoms. The average molecular weight is 217 g/mol. The van der Waals surface area contributed by atoms with Crippen molar-refractivity contribution in [2.24, 2.45) is 10.9 Å². The normalized spacial score (nSPS) is 12.2. The number of aryl methyl sites for hydroxylation is 2. The molecule has 16 heavy (non-hydrogen) atoms. The lowest BCUT2D eigenvalue weighted by molar-refractivity contribution is 0.603. The second-order valence-corrected chi connectivity index (χ2v) is 5.07. The minimum atomic E-state index is 0.754. The quantitative estimate of drug-likeness (QED) is 0.640. The van der Waals surface area contributed by atoms with Crippen LogP contribution in [-0.4, -0.2) is 5.71 Å². The van der Waals surface area contributed by atoms with Gasteiger partial charge in [-0.25, -0.2) is 0 Å². The van der Waals surface area contributed by atoms with Crippen molar-refractivity contribution in [1.29, 1.82) is 0 Å². The second kappa shape index (κ2) is 5.83. The van der Waals surface area contributed by atoms with Crippen molar-refractivity contribution < 1.29 is 0 Å². The van der Waals surface area contributed by atoms with Crippen LogP contribution in [0.3, 0.4) is 0 Å². The first kappa shape index (κ1) is 13.0. The van der Waals surface area contributed by atoms with Gasteiger partial charge < -0.3 is 0 Å². The van der Waals surface area contributed by atoms with Crippen LogP contribution in [0.1, 0.15) is 44.7 Å². The molecular weight excluding hydrogens is 194 g/mol. The number of rotatable bonds is 4. The molecule has 1 nitrogen and oxygen atoms in total. The van der Waals surface area contributed by atoms with Gasteiger partial charge >= 0.3 is 0 Å². The largest absolute Gasteiger partial charge is 0.258 e. The highest BCUT2D eigenvalue weighted by molar-refractivity contribution is 5.84. The Morgan fingerprint density at radius 3 is 2.50 bits per heavy atom. The fraction of sp³-hybridized carbons (Fsp3) is 0.533. The predicted octanol–water partition coefficient (Wildman–Crippen LogP) is 4.83. The molecule has 0 saturated heterocycles. The SMILES string of the molecule is CC(CCC(C)C)=Nc1ccc(C)cc1C. The second-order valence-electron chi connectivity index (χ2n) is 5.07.